The number of hydrogen-bond acceptors (Lipinski definition) is 3. The number of rotatable bonds is 6. The number of nitrogens with one attached hydrogen (secondary N) is 1. The SMILES string of the molecule is CCCNC(Cn1cnc(C)cc1=O)C1CCCC1. The molecule has 4 nitrogen and oxygen atoms in total. The lowest BCUT2D eigenvalue weighted by Gasteiger charge is -2.25. The van der Waals surface area contributed by atoms with Gasteiger partial charge in [-0.2, -0.15) is 0 Å². The van der Waals surface area contributed by atoms with Gasteiger partial charge in [-0.1, -0.05) is 19.8 Å². The van der Waals surface area contributed by atoms with Gasteiger partial charge in [0.2, 0.25) is 0 Å². The van der Waals surface area contributed by atoms with E-state index in [0.29, 0.717) is 12.0 Å². The molecule has 0 spiro atoms. The van der Waals surface area contributed by atoms with Gasteiger partial charge in [-0.25, -0.2) is 4.98 Å². The Labute approximate surface area is 115 Å². The van der Waals surface area contributed by atoms with Crippen LogP contribution >= 0.6 is 0 Å². The highest BCUT2D eigenvalue weighted by molar-refractivity contribution is 4.96. The highest BCUT2D eigenvalue weighted by Gasteiger charge is 2.24. The third kappa shape index (κ3) is 3.90. The van der Waals surface area contributed by atoms with E-state index in [1.54, 1.807) is 17.0 Å². The topological polar surface area (TPSA) is 46.9 Å². The average Bonchev–Trinajstić information content (AvgIpc) is 2.90. The first-order valence-corrected chi connectivity index (χ1v) is 7.47. The van der Waals surface area contributed by atoms with E-state index in [0.717, 1.165) is 25.2 Å². The Hall–Kier alpha value is -1.16. The van der Waals surface area contributed by atoms with Crippen molar-refractivity contribution in [2.45, 2.75) is 58.5 Å². The number of nitrogens with zero attached hydrogens (tertiary/aromatic N) is 2. The molecule has 1 aliphatic rings. The Kier molecular flexibility index (Phi) is 5.14. The van der Waals surface area contributed by atoms with Gasteiger partial charge in [0.05, 0.1) is 6.33 Å². The van der Waals surface area contributed by atoms with E-state index in [9.17, 15) is 4.79 Å². The molecule has 0 bridgehead atoms. The fraction of sp³-hybridized carbons (Fsp3) is 0.733. The molecule has 1 saturated carbocycles. The van der Waals surface area contributed by atoms with Crippen LogP contribution in [0.4, 0.5) is 0 Å². The molecule has 0 radical (unpaired) electrons. The molecule has 19 heavy (non-hydrogen) atoms. The van der Waals surface area contributed by atoms with Gasteiger partial charge < -0.3 is 5.32 Å². The molecule has 2 rings (SSSR count). The third-order valence-electron chi connectivity index (χ3n) is 4.03. The second kappa shape index (κ2) is 6.85. The highest BCUT2D eigenvalue weighted by Crippen LogP contribution is 2.28. The van der Waals surface area contributed by atoms with Crippen LogP contribution < -0.4 is 10.9 Å². The van der Waals surface area contributed by atoms with Crippen molar-refractivity contribution in [1.82, 2.24) is 14.9 Å². The van der Waals surface area contributed by atoms with Crippen molar-refractivity contribution in [3.8, 4) is 0 Å². The maximum absolute atomic E-state index is 12.0. The van der Waals surface area contributed by atoms with Crippen molar-refractivity contribution >= 4 is 0 Å². The molecule has 0 aromatic carbocycles. The average molecular weight is 263 g/mol. The fourth-order valence-electron chi connectivity index (χ4n) is 2.94. The third-order valence-corrected chi connectivity index (χ3v) is 4.03. The summed E-state index contributed by atoms with van der Waals surface area (Å²) in [5, 5.41) is 3.61. The van der Waals surface area contributed by atoms with Gasteiger partial charge in [-0.3, -0.25) is 9.36 Å². The van der Waals surface area contributed by atoms with Crippen LogP contribution in [0.1, 0.15) is 44.7 Å². The molecule has 0 aliphatic heterocycles. The minimum absolute atomic E-state index is 0.0637. The number of aromatic nitrogens is 2. The number of aryl methyl sites for hydroxylation is 1. The Morgan fingerprint density at radius 1 is 1.47 bits per heavy atom. The molecule has 0 saturated heterocycles. The maximum atomic E-state index is 12.0. The zero-order valence-electron chi connectivity index (χ0n) is 12.1. The van der Waals surface area contributed by atoms with Gasteiger partial charge >= 0.3 is 0 Å². The summed E-state index contributed by atoms with van der Waals surface area (Å²) in [7, 11) is 0. The van der Waals surface area contributed by atoms with Gasteiger partial charge in [0.15, 0.2) is 0 Å². The van der Waals surface area contributed by atoms with Gasteiger partial charge in [0, 0.05) is 24.3 Å². The van der Waals surface area contributed by atoms with E-state index >= 15 is 0 Å². The van der Waals surface area contributed by atoms with Crippen molar-refractivity contribution in [2.24, 2.45) is 5.92 Å². The molecule has 1 heterocycles. The summed E-state index contributed by atoms with van der Waals surface area (Å²) in [4.78, 5) is 16.2. The Balaban J connectivity index is 2.07. The van der Waals surface area contributed by atoms with E-state index in [4.69, 9.17) is 0 Å². The molecule has 1 atom stereocenters. The van der Waals surface area contributed by atoms with E-state index in [-0.39, 0.29) is 5.56 Å². The van der Waals surface area contributed by atoms with Crippen LogP contribution in [0.15, 0.2) is 17.2 Å². The predicted molar refractivity (Wildman–Crippen MR) is 77.3 cm³/mol. The Morgan fingerprint density at radius 3 is 2.84 bits per heavy atom. The molecule has 4 heteroatoms. The summed E-state index contributed by atoms with van der Waals surface area (Å²) in [6.45, 7) is 5.81. The van der Waals surface area contributed by atoms with Gasteiger partial charge in [0.1, 0.15) is 0 Å². The largest absolute Gasteiger partial charge is 0.312 e. The number of hydrogen-bond donors (Lipinski definition) is 1. The van der Waals surface area contributed by atoms with Crippen molar-refractivity contribution in [2.75, 3.05) is 6.54 Å². The molecular weight excluding hydrogens is 238 g/mol. The lowest BCUT2D eigenvalue weighted by atomic mass is 9.98. The molecule has 1 N–H and O–H groups in total. The van der Waals surface area contributed by atoms with Crippen molar-refractivity contribution in [3.63, 3.8) is 0 Å². The first-order chi connectivity index (χ1) is 9.20. The summed E-state index contributed by atoms with van der Waals surface area (Å²) < 4.78 is 1.75. The summed E-state index contributed by atoms with van der Waals surface area (Å²) in [6.07, 6.45) is 8.05. The minimum Gasteiger partial charge on any atom is -0.312 e. The van der Waals surface area contributed by atoms with Crippen molar-refractivity contribution < 1.29 is 0 Å². The van der Waals surface area contributed by atoms with Crippen LogP contribution in [-0.2, 0) is 6.54 Å². The summed E-state index contributed by atoms with van der Waals surface area (Å²) in [5.41, 5.74) is 0.856. The Bertz CT molecular complexity index is 449. The Morgan fingerprint density at radius 2 is 2.21 bits per heavy atom. The van der Waals surface area contributed by atoms with Crippen LogP contribution in [-0.4, -0.2) is 22.1 Å². The van der Waals surface area contributed by atoms with Gasteiger partial charge in [-0.15, -0.1) is 0 Å². The molecule has 1 fully saturated rings. The fourth-order valence-corrected chi connectivity index (χ4v) is 2.94. The van der Waals surface area contributed by atoms with Crippen LogP contribution in [0.3, 0.4) is 0 Å². The van der Waals surface area contributed by atoms with Crippen molar-refractivity contribution in [1.29, 1.82) is 0 Å². The normalized spacial score (nSPS) is 17.8. The molecule has 1 aromatic heterocycles. The first kappa shape index (κ1) is 14.3. The smallest absolute Gasteiger partial charge is 0.253 e. The second-order valence-corrected chi connectivity index (χ2v) is 5.63. The van der Waals surface area contributed by atoms with Crippen LogP contribution in [0.25, 0.3) is 0 Å². The van der Waals surface area contributed by atoms with Gasteiger partial charge in [-0.05, 0) is 38.6 Å². The van der Waals surface area contributed by atoms with Crippen molar-refractivity contribution in [3.05, 3.63) is 28.4 Å². The lowest BCUT2D eigenvalue weighted by Crippen LogP contribution is -2.41. The zero-order chi connectivity index (χ0) is 13.7. The molecular formula is C15H25N3O. The second-order valence-electron chi connectivity index (χ2n) is 5.63. The monoisotopic (exact) mass is 263 g/mol. The lowest BCUT2D eigenvalue weighted by molar-refractivity contribution is 0.318. The predicted octanol–water partition coefficient (Wildman–Crippen LogP) is 2.11. The summed E-state index contributed by atoms with van der Waals surface area (Å²) in [5.74, 6) is 0.708. The minimum atomic E-state index is 0.0637. The summed E-state index contributed by atoms with van der Waals surface area (Å²) >= 11 is 0. The van der Waals surface area contributed by atoms with Crippen LogP contribution in [0.2, 0.25) is 0 Å². The molecule has 0 amide bonds. The maximum Gasteiger partial charge on any atom is 0.253 e. The van der Waals surface area contributed by atoms with Crippen LogP contribution in [0, 0.1) is 12.8 Å². The zero-order valence-corrected chi connectivity index (χ0v) is 12.1. The van der Waals surface area contributed by atoms with Crippen LogP contribution in [0.5, 0.6) is 0 Å². The van der Waals surface area contributed by atoms with Gasteiger partial charge in [0.25, 0.3) is 5.56 Å². The molecule has 1 aliphatic carbocycles. The van der Waals surface area contributed by atoms with E-state index in [2.05, 4.69) is 17.2 Å². The van der Waals surface area contributed by atoms with E-state index in [1.807, 2.05) is 6.92 Å². The van der Waals surface area contributed by atoms with E-state index < -0.39 is 0 Å². The highest BCUT2D eigenvalue weighted by atomic mass is 16.1. The molecule has 1 aromatic rings. The molecule has 1 unspecified atom stereocenters. The molecule has 106 valence electrons. The summed E-state index contributed by atoms with van der Waals surface area (Å²) in [6, 6.07) is 2.02. The van der Waals surface area contributed by atoms with E-state index in [1.165, 1.54) is 25.7 Å². The quantitative estimate of drug-likeness (QED) is 0.855. The standard InChI is InChI=1S/C15H25N3O/c1-3-8-16-14(13-6-4-5-7-13)10-18-11-17-12(2)9-15(18)19/h9,11,13-14,16H,3-8,10H2,1-2H3. The first-order valence-electron chi connectivity index (χ1n) is 7.47.